The third kappa shape index (κ3) is 4.64. The van der Waals surface area contributed by atoms with E-state index >= 15 is 0 Å². The number of anilines is 1. The molecule has 0 aliphatic rings. The number of carboxylic acid groups (broad SMARTS) is 1. The zero-order chi connectivity index (χ0) is 18.4. The van der Waals surface area contributed by atoms with Crippen LogP contribution in [-0.4, -0.2) is 27.1 Å². The molecule has 0 amide bonds. The lowest BCUT2D eigenvalue weighted by Crippen LogP contribution is -2.32. The smallest absolute Gasteiger partial charge is 0.320 e. The lowest BCUT2D eigenvalue weighted by Gasteiger charge is -2.08. The van der Waals surface area contributed by atoms with Crippen molar-refractivity contribution < 1.29 is 9.90 Å². The number of aromatic nitrogens is 2. The molecule has 3 aromatic rings. The van der Waals surface area contributed by atoms with Crippen LogP contribution in [0.25, 0.3) is 11.3 Å². The van der Waals surface area contributed by atoms with Crippen molar-refractivity contribution in [1.82, 2.24) is 9.97 Å². The molecular formula is C20H20N4O2. The van der Waals surface area contributed by atoms with Gasteiger partial charge in [0.05, 0.1) is 18.1 Å². The summed E-state index contributed by atoms with van der Waals surface area (Å²) in [5, 5.41) is 12.1. The molecule has 26 heavy (non-hydrogen) atoms. The molecule has 0 radical (unpaired) electrons. The van der Waals surface area contributed by atoms with Crippen molar-refractivity contribution in [3.05, 3.63) is 78.1 Å². The summed E-state index contributed by atoms with van der Waals surface area (Å²) < 4.78 is 0. The van der Waals surface area contributed by atoms with E-state index in [9.17, 15) is 4.79 Å². The van der Waals surface area contributed by atoms with Gasteiger partial charge in [0, 0.05) is 12.1 Å². The second kappa shape index (κ2) is 8.22. The first kappa shape index (κ1) is 17.6. The summed E-state index contributed by atoms with van der Waals surface area (Å²) in [5.41, 5.74) is 9.27. The van der Waals surface area contributed by atoms with Gasteiger partial charge in [0.25, 0.3) is 0 Å². The molecule has 2 aromatic carbocycles. The average Bonchev–Trinajstić information content (AvgIpc) is 2.68. The molecular weight excluding hydrogens is 328 g/mol. The van der Waals surface area contributed by atoms with E-state index in [1.165, 1.54) is 5.56 Å². The third-order valence-corrected chi connectivity index (χ3v) is 3.99. The first-order valence-electron chi connectivity index (χ1n) is 8.29. The van der Waals surface area contributed by atoms with Gasteiger partial charge >= 0.3 is 5.97 Å². The van der Waals surface area contributed by atoms with Crippen LogP contribution in [0.1, 0.15) is 11.1 Å². The molecule has 0 aliphatic heterocycles. The fraction of sp³-hybridized carbons (Fsp3) is 0.150. The molecule has 1 atom stereocenters. The van der Waals surface area contributed by atoms with E-state index in [1.54, 1.807) is 12.4 Å². The monoisotopic (exact) mass is 348 g/mol. The van der Waals surface area contributed by atoms with E-state index in [0.29, 0.717) is 18.8 Å². The molecule has 0 saturated heterocycles. The van der Waals surface area contributed by atoms with Gasteiger partial charge in [-0.3, -0.25) is 9.78 Å². The van der Waals surface area contributed by atoms with Gasteiger partial charge in [-0.25, -0.2) is 4.98 Å². The van der Waals surface area contributed by atoms with Gasteiger partial charge in [-0.05, 0) is 17.5 Å². The summed E-state index contributed by atoms with van der Waals surface area (Å²) >= 11 is 0. The fourth-order valence-corrected chi connectivity index (χ4v) is 2.51. The van der Waals surface area contributed by atoms with Crippen molar-refractivity contribution in [2.75, 3.05) is 5.32 Å². The second-order valence-corrected chi connectivity index (χ2v) is 5.97. The summed E-state index contributed by atoms with van der Waals surface area (Å²) in [6.45, 7) is 0.688. The number of hydrogen-bond donors (Lipinski definition) is 3. The van der Waals surface area contributed by atoms with Crippen LogP contribution in [0.5, 0.6) is 0 Å². The predicted octanol–water partition coefficient (Wildman–Crippen LogP) is 2.71. The molecule has 0 bridgehead atoms. The fourth-order valence-electron chi connectivity index (χ4n) is 2.51. The van der Waals surface area contributed by atoms with Crippen LogP contribution < -0.4 is 11.1 Å². The van der Waals surface area contributed by atoms with Crippen molar-refractivity contribution >= 4 is 11.8 Å². The molecule has 132 valence electrons. The average molecular weight is 348 g/mol. The number of benzene rings is 2. The molecule has 0 fully saturated rings. The van der Waals surface area contributed by atoms with Gasteiger partial charge in [0.2, 0.25) is 0 Å². The lowest BCUT2D eigenvalue weighted by atomic mass is 10.0. The second-order valence-electron chi connectivity index (χ2n) is 5.97. The minimum Gasteiger partial charge on any atom is -0.480 e. The molecule has 1 aromatic heterocycles. The summed E-state index contributed by atoms with van der Waals surface area (Å²) in [5.74, 6) is -0.291. The summed E-state index contributed by atoms with van der Waals surface area (Å²) in [7, 11) is 0. The molecule has 0 unspecified atom stereocenters. The zero-order valence-electron chi connectivity index (χ0n) is 14.2. The van der Waals surface area contributed by atoms with E-state index in [1.807, 2.05) is 54.6 Å². The Bertz CT molecular complexity index is 849. The Morgan fingerprint density at radius 2 is 1.73 bits per heavy atom. The van der Waals surface area contributed by atoms with E-state index in [0.717, 1.165) is 16.8 Å². The molecule has 6 heteroatoms. The van der Waals surface area contributed by atoms with Gasteiger partial charge in [-0.1, -0.05) is 54.6 Å². The molecule has 1 heterocycles. The van der Waals surface area contributed by atoms with E-state index in [4.69, 9.17) is 10.8 Å². The van der Waals surface area contributed by atoms with Crippen LogP contribution in [0.15, 0.2) is 67.0 Å². The van der Waals surface area contributed by atoms with E-state index in [2.05, 4.69) is 15.3 Å². The maximum atomic E-state index is 10.8. The number of hydrogen-bond acceptors (Lipinski definition) is 5. The normalized spacial score (nSPS) is 11.7. The Morgan fingerprint density at radius 1 is 1.00 bits per heavy atom. The van der Waals surface area contributed by atoms with Gasteiger partial charge in [-0.2, -0.15) is 0 Å². The topological polar surface area (TPSA) is 101 Å². The van der Waals surface area contributed by atoms with Crippen LogP contribution in [-0.2, 0) is 17.8 Å². The Labute approximate surface area is 151 Å². The van der Waals surface area contributed by atoms with Crippen LogP contribution in [0.2, 0.25) is 0 Å². The zero-order valence-corrected chi connectivity index (χ0v) is 14.2. The molecule has 3 rings (SSSR count). The largest absolute Gasteiger partial charge is 0.480 e. The lowest BCUT2D eigenvalue weighted by molar-refractivity contribution is -0.138. The van der Waals surface area contributed by atoms with Gasteiger partial charge in [0.1, 0.15) is 11.9 Å². The van der Waals surface area contributed by atoms with Crippen molar-refractivity contribution in [3.8, 4) is 11.3 Å². The predicted molar refractivity (Wildman–Crippen MR) is 101 cm³/mol. The van der Waals surface area contributed by atoms with E-state index < -0.39 is 12.0 Å². The highest BCUT2D eigenvalue weighted by atomic mass is 16.4. The highest BCUT2D eigenvalue weighted by Crippen LogP contribution is 2.18. The summed E-state index contributed by atoms with van der Waals surface area (Å²) in [6.07, 6.45) is 3.71. The third-order valence-electron chi connectivity index (χ3n) is 3.99. The maximum Gasteiger partial charge on any atom is 0.320 e. The number of nitrogens with two attached hydrogens (primary N) is 1. The maximum absolute atomic E-state index is 10.8. The number of nitrogens with one attached hydrogen (secondary N) is 1. The standard InChI is InChI=1S/C20H20N4O2/c21-17(20(25)26)10-14-6-8-16(9-7-14)18-12-24-19(13-22-18)23-11-15-4-2-1-3-5-15/h1-9,12-13,17H,10-11,21H2,(H,23,24)(H,25,26)/t17-/m0/s1. The first-order chi connectivity index (χ1) is 12.6. The van der Waals surface area contributed by atoms with Crippen LogP contribution in [0.4, 0.5) is 5.82 Å². The number of aliphatic carboxylic acids is 1. The van der Waals surface area contributed by atoms with Crippen molar-refractivity contribution in [2.45, 2.75) is 19.0 Å². The Kier molecular flexibility index (Phi) is 5.56. The summed E-state index contributed by atoms with van der Waals surface area (Å²) in [4.78, 5) is 19.6. The van der Waals surface area contributed by atoms with Crippen molar-refractivity contribution in [2.24, 2.45) is 5.73 Å². The first-order valence-corrected chi connectivity index (χ1v) is 8.29. The van der Waals surface area contributed by atoms with Crippen LogP contribution >= 0.6 is 0 Å². The molecule has 6 nitrogen and oxygen atoms in total. The number of carbonyl (C=O) groups is 1. The molecule has 0 saturated carbocycles. The van der Waals surface area contributed by atoms with Gasteiger partial charge in [0.15, 0.2) is 0 Å². The minimum absolute atomic E-state index is 0.295. The number of carboxylic acids is 1. The quantitative estimate of drug-likeness (QED) is 0.607. The van der Waals surface area contributed by atoms with Crippen LogP contribution in [0.3, 0.4) is 0 Å². The van der Waals surface area contributed by atoms with E-state index in [-0.39, 0.29) is 0 Å². The van der Waals surface area contributed by atoms with Crippen molar-refractivity contribution in [3.63, 3.8) is 0 Å². The molecule has 0 aliphatic carbocycles. The molecule has 0 spiro atoms. The highest BCUT2D eigenvalue weighted by Gasteiger charge is 2.12. The van der Waals surface area contributed by atoms with Gasteiger partial charge in [-0.15, -0.1) is 0 Å². The Hall–Kier alpha value is -3.25. The van der Waals surface area contributed by atoms with Crippen molar-refractivity contribution in [1.29, 1.82) is 0 Å². The highest BCUT2D eigenvalue weighted by molar-refractivity contribution is 5.73. The Morgan fingerprint density at radius 3 is 2.35 bits per heavy atom. The van der Waals surface area contributed by atoms with Crippen LogP contribution in [0, 0.1) is 0 Å². The Balaban J connectivity index is 1.62. The number of rotatable bonds is 7. The summed E-state index contributed by atoms with van der Waals surface area (Å²) in [6, 6.07) is 16.7. The molecule has 4 N–H and O–H groups in total. The minimum atomic E-state index is -1.00. The van der Waals surface area contributed by atoms with Gasteiger partial charge < -0.3 is 16.2 Å². The SMILES string of the molecule is N[C@@H](Cc1ccc(-c2cnc(NCc3ccccc3)cn2)cc1)C(=O)O. The number of nitrogens with zero attached hydrogens (tertiary/aromatic N) is 2.